The van der Waals surface area contributed by atoms with E-state index >= 15 is 0 Å². The summed E-state index contributed by atoms with van der Waals surface area (Å²) in [7, 11) is 0.613. The van der Waals surface area contributed by atoms with Crippen LogP contribution >= 0.6 is 0 Å². The van der Waals surface area contributed by atoms with Crippen LogP contribution in [0.3, 0.4) is 0 Å². The Hall–Kier alpha value is -2.94. The Kier molecular flexibility index (Phi) is 5.36. The molecule has 0 saturated carbocycles. The minimum absolute atomic E-state index is 0.0231. The third-order valence-electron chi connectivity index (χ3n) is 4.71. The second-order valence-electron chi connectivity index (χ2n) is 7.34. The van der Waals surface area contributed by atoms with Gasteiger partial charge in [-0.25, -0.2) is 8.42 Å². The maximum absolute atomic E-state index is 12.9. The summed E-state index contributed by atoms with van der Waals surface area (Å²) in [6.45, 7) is 3.79. The summed E-state index contributed by atoms with van der Waals surface area (Å²) in [5.74, 6) is 0.991. The van der Waals surface area contributed by atoms with Gasteiger partial charge in [-0.15, -0.1) is 0 Å². The van der Waals surface area contributed by atoms with Crippen molar-refractivity contribution in [2.24, 2.45) is 5.41 Å². The van der Waals surface area contributed by atoms with E-state index in [9.17, 15) is 13.2 Å². The molecule has 0 aromatic heterocycles. The lowest BCUT2D eigenvalue weighted by atomic mass is 9.93. The molecule has 29 heavy (non-hydrogen) atoms. The SMILES string of the molecule is COc1ccc(S(=O)(=O)Nc2ccc3c(c2)OCC(C)(C)C(=O)N3C)c(OC)c1. The van der Waals surface area contributed by atoms with Crippen LogP contribution in [0.2, 0.25) is 0 Å². The molecule has 1 heterocycles. The van der Waals surface area contributed by atoms with Crippen LogP contribution in [0.4, 0.5) is 11.4 Å². The molecule has 3 rings (SSSR count). The van der Waals surface area contributed by atoms with E-state index in [4.69, 9.17) is 14.2 Å². The highest BCUT2D eigenvalue weighted by atomic mass is 32.2. The Morgan fingerprint density at radius 1 is 1.10 bits per heavy atom. The third-order valence-corrected chi connectivity index (χ3v) is 6.13. The van der Waals surface area contributed by atoms with E-state index in [2.05, 4.69) is 4.72 Å². The van der Waals surface area contributed by atoms with Crippen LogP contribution in [0.5, 0.6) is 17.2 Å². The van der Waals surface area contributed by atoms with Crippen molar-refractivity contribution in [3.8, 4) is 17.2 Å². The van der Waals surface area contributed by atoms with E-state index < -0.39 is 15.4 Å². The summed E-state index contributed by atoms with van der Waals surface area (Å²) < 4.78 is 44.4. The molecule has 2 aromatic carbocycles. The number of hydrogen-bond donors (Lipinski definition) is 1. The first-order valence-corrected chi connectivity index (χ1v) is 10.4. The highest BCUT2D eigenvalue weighted by Gasteiger charge is 2.36. The maximum atomic E-state index is 12.9. The Balaban J connectivity index is 1.94. The predicted molar refractivity (Wildman–Crippen MR) is 109 cm³/mol. The molecule has 1 aliphatic rings. The van der Waals surface area contributed by atoms with Crippen molar-refractivity contribution in [1.29, 1.82) is 0 Å². The fourth-order valence-electron chi connectivity index (χ4n) is 3.06. The second kappa shape index (κ2) is 7.47. The highest BCUT2D eigenvalue weighted by molar-refractivity contribution is 7.92. The van der Waals surface area contributed by atoms with Gasteiger partial charge in [0.15, 0.2) is 0 Å². The topological polar surface area (TPSA) is 94.2 Å². The third kappa shape index (κ3) is 3.95. The number of nitrogens with one attached hydrogen (secondary N) is 1. The first-order chi connectivity index (χ1) is 13.6. The van der Waals surface area contributed by atoms with E-state index in [-0.39, 0.29) is 23.2 Å². The van der Waals surface area contributed by atoms with Gasteiger partial charge in [-0.05, 0) is 38.1 Å². The molecule has 0 atom stereocenters. The molecule has 2 aromatic rings. The fourth-order valence-corrected chi connectivity index (χ4v) is 4.26. The molecule has 1 amide bonds. The van der Waals surface area contributed by atoms with Crippen LogP contribution in [0.25, 0.3) is 0 Å². The van der Waals surface area contributed by atoms with Crippen molar-refractivity contribution in [2.75, 3.05) is 37.5 Å². The number of methoxy groups -OCH3 is 2. The summed E-state index contributed by atoms with van der Waals surface area (Å²) in [6.07, 6.45) is 0. The molecular formula is C20H24N2O6S. The van der Waals surface area contributed by atoms with Gasteiger partial charge in [0, 0.05) is 19.2 Å². The molecule has 9 heteroatoms. The normalized spacial score (nSPS) is 15.8. The van der Waals surface area contributed by atoms with Crippen LogP contribution in [-0.2, 0) is 14.8 Å². The van der Waals surface area contributed by atoms with Crippen molar-refractivity contribution >= 4 is 27.3 Å². The van der Waals surface area contributed by atoms with Crippen molar-refractivity contribution in [3.63, 3.8) is 0 Å². The number of fused-ring (bicyclic) bond motifs is 1. The Morgan fingerprint density at radius 2 is 1.83 bits per heavy atom. The van der Waals surface area contributed by atoms with Crippen LogP contribution in [-0.4, -0.2) is 42.2 Å². The average Bonchev–Trinajstić information content (AvgIpc) is 2.77. The second-order valence-corrected chi connectivity index (χ2v) is 8.99. The zero-order chi connectivity index (χ0) is 21.4. The van der Waals surface area contributed by atoms with Gasteiger partial charge in [-0.2, -0.15) is 0 Å². The fraction of sp³-hybridized carbons (Fsp3) is 0.350. The lowest BCUT2D eigenvalue weighted by Crippen LogP contribution is -2.39. The monoisotopic (exact) mass is 420 g/mol. The molecule has 0 unspecified atom stereocenters. The average molecular weight is 420 g/mol. The maximum Gasteiger partial charge on any atom is 0.265 e. The van der Waals surface area contributed by atoms with E-state index in [1.165, 1.54) is 31.3 Å². The van der Waals surface area contributed by atoms with Gasteiger partial charge >= 0.3 is 0 Å². The quantitative estimate of drug-likeness (QED) is 0.799. The van der Waals surface area contributed by atoms with E-state index in [1.54, 1.807) is 45.2 Å². The van der Waals surface area contributed by atoms with E-state index in [1.807, 2.05) is 0 Å². The lowest BCUT2D eigenvalue weighted by Gasteiger charge is -2.24. The van der Waals surface area contributed by atoms with E-state index in [0.717, 1.165) is 0 Å². The lowest BCUT2D eigenvalue weighted by molar-refractivity contribution is -0.127. The van der Waals surface area contributed by atoms with Crippen molar-refractivity contribution < 1.29 is 27.4 Å². The van der Waals surface area contributed by atoms with Crippen LogP contribution in [0, 0.1) is 5.41 Å². The smallest absolute Gasteiger partial charge is 0.265 e. The number of benzene rings is 2. The number of nitrogens with zero attached hydrogens (tertiary/aromatic N) is 1. The molecule has 0 aliphatic carbocycles. The van der Waals surface area contributed by atoms with Gasteiger partial charge in [-0.3, -0.25) is 9.52 Å². The zero-order valence-electron chi connectivity index (χ0n) is 17.0. The first kappa shape index (κ1) is 20.8. The summed E-state index contributed by atoms with van der Waals surface area (Å²) in [6, 6.07) is 9.25. The van der Waals surface area contributed by atoms with Crippen LogP contribution in [0.15, 0.2) is 41.3 Å². The van der Waals surface area contributed by atoms with Gasteiger partial charge in [0.1, 0.15) is 28.8 Å². The Labute approximate surface area is 170 Å². The molecule has 0 bridgehead atoms. The summed E-state index contributed by atoms with van der Waals surface area (Å²) in [4.78, 5) is 14.1. The first-order valence-electron chi connectivity index (χ1n) is 8.89. The number of ether oxygens (including phenoxy) is 3. The van der Waals surface area contributed by atoms with E-state index in [0.29, 0.717) is 22.9 Å². The summed E-state index contributed by atoms with van der Waals surface area (Å²) in [5, 5.41) is 0. The van der Waals surface area contributed by atoms with Gasteiger partial charge in [0.05, 0.1) is 31.0 Å². The number of anilines is 2. The number of carbonyl (C=O) groups excluding carboxylic acids is 1. The molecule has 0 radical (unpaired) electrons. The number of hydrogen-bond acceptors (Lipinski definition) is 6. The molecule has 8 nitrogen and oxygen atoms in total. The number of sulfonamides is 1. The molecule has 1 N–H and O–H groups in total. The van der Waals surface area contributed by atoms with Crippen molar-refractivity contribution in [2.45, 2.75) is 18.7 Å². The minimum Gasteiger partial charge on any atom is -0.497 e. The molecule has 0 saturated heterocycles. The Morgan fingerprint density at radius 3 is 2.48 bits per heavy atom. The number of rotatable bonds is 5. The molecule has 0 fully saturated rings. The van der Waals surface area contributed by atoms with Gasteiger partial charge in [0.2, 0.25) is 5.91 Å². The van der Waals surface area contributed by atoms with Gasteiger partial charge in [-0.1, -0.05) is 0 Å². The molecule has 1 aliphatic heterocycles. The highest BCUT2D eigenvalue weighted by Crippen LogP contribution is 2.38. The predicted octanol–water partition coefficient (Wildman–Crippen LogP) is 2.89. The largest absolute Gasteiger partial charge is 0.497 e. The van der Waals surface area contributed by atoms with Crippen molar-refractivity contribution in [1.82, 2.24) is 0 Å². The molecule has 0 spiro atoms. The van der Waals surface area contributed by atoms with Crippen LogP contribution in [0.1, 0.15) is 13.8 Å². The minimum atomic E-state index is -3.93. The van der Waals surface area contributed by atoms with Crippen LogP contribution < -0.4 is 23.8 Å². The summed E-state index contributed by atoms with van der Waals surface area (Å²) in [5.41, 5.74) is 0.192. The molecular weight excluding hydrogens is 396 g/mol. The Bertz CT molecular complexity index is 1050. The summed E-state index contributed by atoms with van der Waals surface area (Å²) >= 11 is 0. The molecule has 156 valence electrons. The number of amides is 1. The number of carbonyl (C=O) groups is 1. The van der Waals surface area contributed by atoms with Gasteiger partial charge < -0.3 is 19.1 Å². The zero-order valence-corrected chi connectivity index (χ0v) is 17.8. The van der Waals surface area contributed by atoms with Gasteiger partial charge in [0.25, 0.3) is 10.0 Å². The van der Waals surface area contributed by atoms with Crippen molar-refractivity contribution in [3.05, 3.63) is 36.4 Å². The standard InChI is InChI=1S/C20H24N2O6S/c1-20(2)12-28-16-10-13(6-8-15(16)22(3)19(20)23)21-29(24,25)18-9-7-14(26-4)11-17(18)27-5/h6-11,21H,12H2,1-5H3.